The Hall–Kier alpha value is -4.64. The molecule has 11 nitrogen and oxygen atoms in total. The summed E-state index contributed by atoms with van der Waals surface area (Å²) in [6, 6.07) is 16.3. The number of nitrogens with zero attached hydrogens (tertiary/aromatic N) is 1. The first-order valence-corrected chi connectivity index (χ1v) is 11.3. The van der Waals surface area contributed by atoms with Gasteiger partial charge in [-0.1, -0.05) is 0 Å². The van der Waals surface area contributed by atoms with E-state index in [2.05, 4.69) is 25.7 Å². The fourth-order valence-electron chi connectivity index (χ4n) is 3.49. The van der Waals surface area contributed by atoms with Crippen LogP contribution in [0.1, 0.15) is 23.3 Å². The zero-order valence-electron chi connectivity index (χ0n) is 19.2. The normalized spacial score (nSPS) is 13.3. The number of piperidine rings is 1. The van der Waals surface area contributed by atoms with Crippen molar-refractivity contribution in [2.24, 2.45) is 5.73 Å². The molecule has 1 fully saturated rings. The molecular formula is C25H25N5O6. The predicted molar refractivity (Wildman–Crippen MR) is 131 cm³/mol. The maximum absolute atomic E-state index is 12.4. The summed E-state index contributed by atoms with van der Waals surface area (Å²) in [4.78, 5) is 38.7. The van der Waals surface area contributed by atoms with Crippen molar-refractivity contribution < 1.29 is 28.6 Å². The van der Waals surface area contributed by atoms with Crippen molar-refractivity contribution in [3.8, 4) is 17.2 Å². The second-order valence-electron chi connectivity index (χ2n) is 7.88. The molecule has 3 amide bonds. The number of amides is 3. The molecular weight excluding hydrogens is 466 g/mol. The van der Waals surface area contributed by atoms with Crippen LogP contribution in [0.25, 0.3) is 0 Å². The Labute approximate surface area is 206 Å². The van der Waals surface area contributed by atoms with Crippen molar-refractivity contribution in [2.75, 3.05) is 23.7 Å². The average molecular weight is 492 g/mol. The lowest BCUT2D eigenvalue weighted by atomic mass is 10.1. The number of carbonyl (C=O) groups is 3. The summed E-state index contributed by atoms with van der Waals surface area (Å²) in [6.45, 7) is 1.91. The first-order valence-electron chi connectivity index (χ1n) is 11.3. The molecule has 4 rings (SSSR count). The Bertz CT molecular complexity index is 1210. The molecule has 2 aromatic carbocycles. The van der Waals surface area contributed by atoms with Crippen molar-refractivity contribution in [1.29, 1.82) is 0 Å². The zero-order valence-corrected chi connectivity index (χ0v) is 19.2. The molecule has 1 aliphatic rings. The minimum absolute atomic E-state index is 0.132. The molecule has 2 heterocycles. The highest BCUT2D eigenvalue weighted by molar-refractivity contribution is 5.99. The lowest BCUT2D eigenvalue weighted by Gasteiger charge is -2.23. The summed E-state index contributed by atoms with van der Waals surface area (Å²) < 4.78 is 16.0. The molecule has 0 radical (unpaired) electrons. The van der Waals surface area contributed by atoms with E-state index in [1.807, 2.05) is 12.1 Å². The molecule has 0 atom stereocenters. The van der Waals surface area contributed by atoms with E-state index >= 15 is 0 Å². The van der Waals surface area contributed by atoms with Crippen molar-refractivity contribution in [3.63, 3.8) is 0 Å². The standard InChI is InChI=1S/C25H25N5O6/c26-24(32)36-23(31)22-15-21(11-14-28-22)35-19-7-3-17(4-8-19)30-25(33)29-16-1-5-18(6-2-16)34-20-9-12-27-13-10-20/h1-8,11,14-15,20,27H,9-10,12-13H2,(H2,26,32)(H2,29,30,33). The van der Waals surface area contributed by atoms with Gasteiger partial charge in [-0.25, -0.2) is 19.4 Å². The molecule has 11 heteroatoms. The quantitative estimate of drug-likeness (QED) is 0.287. The first-order chi connectivity index (χ1) is 17.4. The molecule has 1 aromatic heterocycles. The third-order valence-electron chi connectivity index (χ3n) is 5.18. The first kappa shape index (κ1) is 24.5. The summed E-state index contributed by atoms with van der Waals surface area (Å²) in [5.74, 6) is 0.537. The largest absolute Gasteiger partial charge is 0.490 e. The van der Waals surface area contributed by atoms with E-state index in [1.165, 1.54) is 18.3 Å². The number of hydrogen-bond acceptors (Lipinski definition) is 8. The van der Waals surface area contributed by atoms with E-state index < -0.39 is 18.1 Å². The molecule has 0 saturated carbocycles. The number of aromatic nitrogens is 1. The van der Waals surface area contributed by atoms with E-state index in [0.29, 0.717) is 22.9 Å². The molecule has 1 saturated heterocycles. The fourth-order valence-corrected chi connectivity index (χ4v) is 3.49. The second-order valence-corrected chi connectivity index (χ2v) is 7.88. The number of rotatable bonds is 7. The van der Waals surface area contributed by atoms with Crippen LogP contribution in [0.2, 0.25) is 0 Å². The molecule has 0 aliphatic carbocycles. The Morgan fingerprint density at radius 2 is 1.47 bits per heavy atom. The molecule has 0 spiro atoms. The number of anilines is 2. The monoisotopic (exact) mass is 491 g/mol. The topological polar surface area (TPSA) is 154 Å². The van der Waals surface area contributed by atoms with Crippen LogP contribution in [-0.2, 0) is 4.74 Å². The number of urea groups is 1. The van der Waals surface area contributed by atoms with Gasteiger partial charge in [-0.15, -0.1) is 0 Å². The third-order valence-corrected chi connectivity index (χ3v) is 5.18. The van der Waals surface area contributed by atoms with E-state index in [9.17, 15) is 14.4 Å². The summed E-state index contributed by atoms with van der Waals surface area (Å²) >= 11 is 0. The number of carbonyl (C=O) groups excluding carboxylic acids is 3. The minimum atomic E-state index is -1.22. The average Bonchev–Trinajstić information content (AvgIpc) is 2.87. The van der Waals surface area contributed by atoms with Crippen molar-refractivity contribution in [3.05, 3.63) is 72.6 Å². The smallest absolute Gasteiger partial charge is 0.412 e. The number of hydrogen-bond donors (Lipinski definition) is 4. The molecule has 36 heavy (non-hydrogen) atoms. The van der Waals surface area contributed by atoms with Gasteiger partial charge in [-0.3, -0.25) is 0 Å². The van der Waals surface area contributed by atoms with Gasteiger partial charge in [0, 0.05) is 23.6 Å². The Kier molecular flexibility index (Phi) is 7.94. The number of ether oxygens (including phenoxy) is 3. The molecule has 5 N–H and O–H groups in total. The lowest BCUT2D eigenvalue weighted by Crippen LogP contribution is -2.34. The summed E-state index contributed by atoms with van der Waals surface area (Å²) in [7, 11) is 0. The van der Waals surface area contributed by atoms with Gasteiger partial charge < -0.3 is 35.9 Å². The van der Waals surface area contributed by atoms with Crippen LogP contribution in [-0.4, -0.2) is 42.3 Å². The highest BCUT2D eigenvalue weighted by Crippen LogP contribution is 2.24. The molecule has 0 unspecified atom stereocenters. The van der Waals surface area contributed by atoms with E-state index in [4.69, 9.17) is 15.2 Å². The van der Waals surface area contributed by atoms with Gasteiger partial charge >= 0.3 is 18.1 Å². The van der Waals surface area contributed by atoms with Gasteiger partial charge in [0.15, 0.2) is 5.69 Å². The lowest BCUT2D eigenvalue weighted by molar-refractivity contribution is 0.0631. The number of benzene rings is 2. The number of primary amides is 1. The fraction of sp³-hybridized carbons (Fsp3) is 0.200. The van der Waals surface area contributed by atoms with Gasteiger partial charge in [0.2, 0.25) is 0 Å². The molecule has 3 aromatic rings. The van der Waals surface area contributed by atoms with Gasteiger partial charge in [0.1, 0.15) is 23.4 Å². The minimum Gasteiger partial charge on any atom is -0.490 e. The Morgan fingerprint density at radius 3 is 2.08 bits per heavy atom. The van der Waals surface area contributed by atoms with Crippen LogP contribution >= 0.6 is 0 Å². The Morgan fingerprint density at radius 1 is 0.861 bits per heavy atom. The van der Waals surface area contributed by atoms with Crippen LogP contribution in [0.5, 0.6) is 17.2 Å². The summed E-state index contributed by atoms with van der Waals surface area (Å²) in [6.07, 6.45) is 2.26. The maximum atomic E-state index is 12.4. The maximum Gasteiger partial charge on any atom is 0.412 e. The van der Waals surface area contributed by atoms with Crippen LogP contribution in [0.3, 0.4) is 0 Å². The van der Waals surface area contributed by atoms with Crippen molar-refractivity contribution >= 4 is 29.5 Å². The number of nitrogens with two attached hydrogens (primary N) is 1. The highest BCUT2D eigenvalue weighted by atomic mass is 16.6. The number of pyridine rings is 1. The Balaban J connectivity index is 1.27. The zero-order chi connectivity index (χ0) is 25.3. The van der Waals surface area contributed by atoms with Crippen LogP contribution in [0, 0.1) is 0 Å². The summed E-state index contributed by atoms with van der Waals surface area (Å²) in [5.41, 5.74) is 5.89. The molecule has 0 bridgehead atoms. The second kappa shape index (κ2) is 11.7. The van der Waals surface area contributed by atoms with Crippen molar-refractivity contribution in [2.45, 2.75) is 18.9 Å². The van der Waals surface area contributed by atoms with Crippen LogP contribution in [0.15, 0.2) is 66.9 Å². The number of esters is 1. The van der Waals surface area contributed by atoms with E-state index in [0.717, 1.165) is 31.7 Å². The van der Waals surface area contributed by atoms with Gasteiger partial charge in [0.05, 0.1) is 0 Å². The molecule has 1 aliphatic heterocycles. The van der Waals surface area contributed by atoms with Crippen LogP contribution < -0.4 is 31.2 Å². The van der Waals surface area contributed by atoms with E-state index in [-0.39, 0.29) is 11.8 Å². The van der Waals surface area contributed by atoms with Crippen LogP contribution in [0.4, 0.5) is 21.0 Å². The highest BCUT2D eigenvalue weighted by Gasteiger charge is 2.15. The van der Waals surface area contributed by atoms with Gasteiger partial charge in [0.25, 0.3) is 0 Å². The summed E-state index contributed by atoms with van der Waals surface area (Å²) in [5, 5.41) is 8.82. The SMILES string of the molecule is NC(=O)OC(=O)c1cc(Oc2ccc(NC(=O)Nc3ccc(OC4CCNCC4)cc3)cc2)ccn1. The van der Waals surface area contributed by atoms with Gasteiger partial charge in [-0.2, -0.15) is 0 Å². The number of nitrogens with one attached hydrogen (secondary N) is 3. The van der Waals surface area contributed by atoms with Crippen molar-refractivity contribution in [1.82, 2.24) is 10.3 Å². The third kappa shape index (κ3) is 7.18. The predicted octanol–water partition coefficient (Wildman–Crippen LogP) is 3.88. The van der Waals surface area contributed by atoms with Gasteiger partial charge in [-0.05, 0) is 80.5 Å². The van der Waals surface area contributed by atoms with E-state index in [1.54, 1.807) is 36.4 Å². The molecule has 186 valence electrons.